The molecule has 1 unspecified atom stereocenters. The molecule has 1 aromatic heterocycles. The Morgan fingerprint density at radius 3 is 2.74 bits per heavy atom. The summed E-state index contributed by atoms with van der Waals surface area (Å²) in [4.78, 5) is 13.2. The first kappa shape index (κ1) is 16.0. The van der Waals surface area contributed by atoms with Crippen LogP contribution in [0.25, 0.3) is 0 Å². The Kier molecular flexibility index (Phi) is 6.30. The van der Waals surface area contributed by atoms with E-state index >= 15 is 0 Å². The van der Waals surface area contributed by atoms with Crippen LogP contribution in [0.5, 0.6) is 0 Å². The average molecular weight is 348 g/mol. The van der Waals surface area contributed by atoms with E-state index in [1.54, 1.807) is 11.3 Å². The van der Waals surface area contributed by atoms with Crippen molar-refractivity contribution in [3.63, 3.8) is 0 Å². The number of hydrogen-bond acceptors (Lipinski definition) is 4. The zero-order valence-electron chi connectivity index (χ0n) is 10.9. The predicted octanol–water partition coefficient (Wildman–Crippen LogP) is 2.19. The van der Waals surface area contributed by atoms with E-state index in [2.05, 4.69) is 26.4 Å². The van der Waals surface area contributed by atoms with Gasteiger partial charge >= 0.3 is 0 Å². The Bertz CT molecular complexity index is 460. The number of nitrogens with two attached hydrogens (primary N) is 1. The molecule has 0 aliphatic carbocycles. The lowest BCUT2D eigenvalue weighted by atomic mass is 9.94. The lowest BCUT2D eigenvalue weighted by Gasteiger charge is -2.18. The van der Waals surface area contributed by atoms with Gasteiger partial charge in [0.15, 0.2) is 5.84 Å². The van der Waals surface area contributed by atoms with Crippen LogP contribution in [0.15, 0.2) is 21.1 Å². The van der Waals surface area contributed by atoms with Crippen LogP contribution in [-0.4, -0.2) is 23.5 Å². The summed E-state index contributed by atoms with van der Waals surface area (Å²) in [5, 5.41) is 14.4. The van der Waals surface area contributed by atoms with E-state index in [1.165, 1.54) is 4.88 Å². The van der Waals surface area contributed by atoms with Crippen molar-refractivity contribution in [1.82, 2.24) is 5.32 Å². The maximum Gasteiger partial charge on any atom is 0.231 e. The Balaban J connectivity index is 2.49. The maximum absolute atomic E-state index is 12.0. The fraction of sp³-hybridized carbons (Fsp3) is 0.500. The molecule has 0 aliphatic heterocycles. The third kappa shape index (κ3) is 4.83. The quantitative estimate of drug-likeness (QED) is 0.319. The van der Waals surface area contributed by atoms with Crippen molar-refractivity contribution in [1.29, 1.82) is 0 Å². The van der Waals surface area contributed by atoms with Crippen LogP contribution in [0.2, 0.25) is 0 Å². The number of oxime groups is 1. The van der Waals surface area contributed by atoms with Gasteiger partial charge in [0.25, 0.3) is 0 Å². The van der Waals surface area contributed by atoms with Crippen molar-refractivity contribution in [3.8, 4) is 0 Å². The monoisotopic (exact) mass is 347 g/mol. The summed E-state index contributed by atoms with van der Waals surface area (Å²) < 4.78 is 1.07. The van der Waals surface area contributed by atoms with Crippen LogP contribution < -0.4 is 11.1 Å². The normalized spacial score (nSPS) is 13.6. The first-order chi connectivity index (χ1) is 8.95. The summed E-state index contributed by atoms with van der Waals surface area (Å²) in [6.07, 6.45) is 0.767. The molecule has 4 N–H and O–H groups in total. The highest BCUT2D eigenvalue weighted by Crippen LogP contribution is 2.22. The summed E-state index contributed by atoms with van der Waals surface area (Å²) in [5.41, 5.74) is 5.54. The molecule has 0 saturated carbocycles. The number of thiophene rings is 1. The van der Waals surface area contributed by atoms with Crippen LogP contribution in [0, 0.1) is 11.8 Å². The van der Waals surface area contributed by atoms with Crippen LogP contribution in [0.3, 0.4) is 0 Å². The number of carbonyl (C=O) groups excluding carboxylic acids is 1. The van der Waals surface area contributed by atoms with Gasteiger partial charge in [0.1, 0.15) is 5.92 Å². The number of carbonyl (C=O) groups is 1. The summed E-state index contributed by atoms with van der Waals surface area (Å²) in [5.74, 6) is -0.876. The number of hydrogen-bond donors (Lipinski definition) is 3. The fourth-order valence-corrected chi connectivity index (χ4v) is 3.23. The van der Waals surface area contributed by atoms with E-state index in [1.807, 2.05) is 26.0 Å². The third-order valence-corrected chi connectivity index (χ3v) is 4.37. The Morgan fingerprint density at radius 1 is 1.58 bits per heavy atom. The number of halogens is 1. The molecule has 5 nitrogen and oxygen atoms in total. The predicted molar refractivity (Wildman–Crippen MR) is 80.5 cm³/mol. The average Bonchev–Trinajstić information content (AvgIpc) is 2.74. The summed E-state index contributed by atoms with van der Waals surface area (Å²) in [6, 6.07) is 4.00. The molecule has 0 spiro atoms. The second-order valence-corrected chi connectivity index (χ2v) is 7.04. The Labute approximate surface area is 125 Å². The van der Waals surface area contributed by atoms with E-state index in [0.29, 0.717) is 6.54 Å². The zero-order chi connectivity index (χ0) is 14.4. The van der Waals surface area contributed by atoms with Gasteiger partial charge in [0, 0.05) is 11.4 Å². The van der Waals surface area contributed by atoms with Crippen molar-refractivity contribution in [2.75, 3.05) is 6.54 Å². The highest BCUT2D eigenvalue weighted by molar-refractivity contribution is 9.11. The Hall–Kier alpha value is -1.08. The first-order valence-corrected chi connectivity index (χ1v) is 7.56. The van der Waals surface area contributed by atoms with Crippen molar-refractivity contribution in [3.05, 3.63) is 20.8 Å². The highest BCUT2D eigenvalue weighted by Gasteiger charge is 2.26. The molecule has 0 aromatic carbocycles. The molecule has 1 amide bonds. The smallest absolute Gasteiger partial charge is 0.231 e. The van der Waals surface area contributed by atoms with E-state index in [-0.39, 0.29) is 17.7 Å². The minimum atomic E-state index is -0.597. The number of nitrogens with one attached hydrogen (secondary N) is 1. The number of amides is 1. The second-order valence-electron chi connectivity index (χ2n) is 4.49. The maximum atomic E-state index is 12.0. The molecule has 0 bridgehead atoms. The molecular formula is C12H18BrN3O2S. The molecule has 0 aliphatic rings. The van der Waals surface area contributed by atoms with E-state index < -0.39 is 5.92 Å². The van der Waals surface area contributed by atoms with Crippen molar-refractivity contribution >= 4 is 39.0 Å². The lowest BCUT2D eigenvalue weighted by Crippen LogP contribution is -2.42. The summed E-state index contributed by atoms with van der Waals surface area (Å²) in [6.45, 7) is 4.26. The largest absolute Gasteiger partial charge is 0.409 e. The van der Waals surface area contributed by atoms with Crippen molar-refractivity contribution in [2.24, 2.45) is 22.7 Å². The first-order valence-electron chi connectivity index (χ1n) is 5.95. The van der Waals surface area contributed by atoms with E-state index in [9.17, 15) is 4.79 Å². The SMILES string of the molecule is CC(C)C(C(=O)NCCc1ccc(Br)s1)/C(N)=N/O. The molecule has 0 radical (unpaired) electrons. The van der Waals surface area contributed by atoms with Gasteiger partial charge in [-0.2, -0.15) is 0 Å². The minimum absolute atomic E-state index is 0.0215. The van der Waals surface area contributed by atoms with Gasteiger partial charge in [-0.15, -0.1) is 11.3 Å². The molecule has 7 heteroatoms. The molecule has 0 saturated heterocycles. The standard InChI is InChI=1S/C12H18BrN3O2S/c1-7(2)10(11(14)16-18)12(17)15-6-5-8-3-4-9(13)19-8/h3-4,7,10,18H,5-6H2,1-2H3,(H2,14,16)(H,15,17). The molecular weight excluding hydrogens is 330 g/mol. The molecule has 0 fully saturated rings. The third-order valence-electron chi connectivity index (χ3n) is 2.68. The zero-order valence-corrected chi connectivity index (χ0v) is 13.3. The number of rotatable bonds is 6. The van der Waals surface area contributed by atoms with E-state index in [4.69, 9.17) is 10.9 Å². The van der Waals surface area contributed by atoms with Crippen molar-refractivity contribution < 1.29 is 10.0 Å². The van der Waals surface area contributed by atoms with Gasteiger partial charge in [0.2, 0.25) is 5.91 Å². The van der Waals surface area contributed by atoms with E-state index in [0.717, 1.165) is 10.2 Å². The molecule has 1 aromatic rings. The number of amidine groups is 1. The summed E-state index contributed by atoms with van der Waals surface area (Å²) in [7, 11) is 0. The molecule has 1 rings (SSSR count). The van der Waals surface area contributed by atoms with Gasteiger partial charge in [-0.1, -0.05) is 19.0 Å². The molecule has 1 heterocycles. The van der Waals surface area contributed by atoms with Gasteiger partial charge in [-0.05, 0) is 40.4 Å². The second kappa shape index (κ2) is 7.49. The Morgan fingerprint density at radius 2 is 2.26 bits per heavy atom. The molecule has 19 heavy (non-hydrogen) atoms. The van der Waals surface area contributed by atoms with Crippen LogP contribution in [0.4, 0.5) is 0 Å². The summed E-state index contributed by atoms with van der Waals surface area (Å²) >= 11 is 5.04. The number of nitrogens with zero attached hydrogens (tertiary/aromatic N) is 1. The van der Waals surface area contributed by atoms with Gasteiger partial charge in [0.05, 0.1) is 3.79 Å². The van der Waals surface area contributed by atoms with Gasteiger partial charge < -0.3 is 16.3 Å². The topological polar surface area (TPSA) is 87.7 Å². The lowest BCUT2D eigenvalue weighted by molar-refractivity contribution is -0.124. The fourth-order valence-electron chi connectivity index (χ4n) is 1.75. The van der Waals surface area contributed by atoms with Crippen LogP contribution in [0.1, 0.15) is 18.7 Å². The van der Waals surface area contributed by atoms with Crippen LogP contribution in [-0.2, 0) is 11.2 Å². The van der Waals surface area contributed by atoms with Crippen molar-refractivity contribution in [2.45, 2.75) is 20.3 Å². The van der Waals surface area contributed by atoms with Crippen LogP contribution >= 0.6 is 27.3 Å². The van der Waals surface area contributed by atoms with Gasteiger partial charge in [-0.3, -0.25) is 4.79 Å². The minimum Gasteiger partial charge on any atom is -0.409 e. The molecule has 106 valence electrons. The highest BCUT2D eigenvalue weighted by atomic mass is 79.9. The van der Waals surface area contributed by atoms with Gasteiger partial charge in [-0.25, -0.2) is 0 Å². The molecule has 1 atom stereocenters.